The SMILES string of the molecule is CCC(C=N)OC. The van der Waals surface area contributed by atoms with E-state index < -0.39 is 0 Å². The molecule has 0 aliphatic carbocycles. The summed E-state index contributed by atoms with van der Waals surface area (Å²) in [6, 6.07) is 0. The average Bonchev–Trinajstić information content (AvgIpc) is 1.72. The van der Waals surface area contributed by atoms with E-state index in [0.717, 1.165) is 6.42 Å². The second-order valence-electron chi connectivity index (χ2n) is 1.35. The minimum absolute atomic E-state index is 0.0278. The Labute approximate surface area is 44.0 Å². The Kier molecular flexibility index (Phi) is 3.61. The maximum Gasteiger partial charge on any atom is 0.0912 e. The Bertz CT molecular complexity index is 50.0. The van der Waals surface area contributed by atoms with Gasteiger partial charge in [0.1, 0.15) is 0 Å². The van der Waals surface area contributed by atoms with Gasteiger partial charge in [-0.2, -0.15) is 0 Å². The number of hydrogen-bond acceptors (Lipinski definition) is 2. The van der Waals surface area contributed by atoms with Crippen LogP contribution in [0.15, 0.2) is 0 Å². The summed E-state index contributed by atoms with van der Waals surface area (Å²) in [7, 11) is 1.61. The molecular weight excluding hydrogens is 90.1 g/mol. The zero-order valence-electron chi connectivity index (χ0n) is 4.77. The van der Waals surface area contributed by atoms with Crippen molar-refractivity contribution in [2.45, 2.75) is 19.4 Å². The second kappa shape index (κ2) is 3.81. The van der Waals surface area contributed by atoms with E-state index in [0.29, 0.717) is 0 Å². The average molecular weight is 101 g/mol. The summed E-state index contributed by atoms with van der Waals surface area (Å²) >= 11 is 0. The molecule has 0 saturated heterocycles. The summed E-state index contributed by atoms with van der Waals surface area (Å²) in [6.45, 7) is 1.99. The monoisotopic (exact) mass is 101 g/mol. The van der Waals surface area contributed by atoms with Crippen LogP contribution in [0, 0.1) is 5.41 Å². The Hall–Kier alpha value is -0.370. The van der Waals surface area contributed by atoms with Gasteiger partial charge in [-0.25, -0.2) is 0 Å². The lowest BCUT2D eigenvalue weighted by Crippen LogP contribution is -2.08. The molecule has 1 N–H and O–H groups in total. The van der Waals surface area contributed by atoms with Gasteiger partial charge in [0.2, 0.25) is 0 Å². The summed E-state index contributed by atoms with van der Waals surface area (Å²) in [5, 5.41) is 6.71. The van der Waals surface area contributed by atoms with Gasteiger partial charge in [0.15, 0.2) is 0 Å². The van der Waals surface area contributed by atoms with Crippen molar-refractivity contribution in [3.05, 3.63) is 0 Å². The topological polar surface area (TPSA) is 33.1 Å². The van der Waals surface area contributed by atoms with Gasteiger partial charge < -0.3 is 10.1 Å². The lowest BCUT2D eigenvalue weighted by molar-refractivity contribution is 0.156. The van der Waals surface area contributed by atoms with E-state index in [1.165, 1.54) is 6.21 Å². The molecule has 0 bridgehead atoms. The predicted molar refractivity (Wildman–Crippen MR) is 29.9 cm³/mol. The predicted octanol–water partition coefficient (Wildman–Crippen LogP) is 1.06. The van der Waals surface area contributed by atoms with Crippen LogP contribution in [0.4, 0.5) is 0 Å². The summed E-state index contributed by atoms with van der Waals surface area (Å²) in [6.07, 6.45) is 2.22. The van der Waals surface area contributed by atoms with E-state index in [1.54, 1.807) is 7.11 Å². The van der Waals surface area contributed by atoms with E-state index in [1.807, 2.05) is 6.92 Å². The molecule has 1 unspecified atom stereocenters. The zero-order valence-corrected chi connectivity index (χ0v) is 4.77. The first-order valence-corrected chi connectivity index (χ1v) is 2.38. The molecule has 0 aromatic rings. The van der Waals surface area contributed by atoms with Crippen LogP contribution >= 0.6 is 0 Å². The van der Waals surface area contributed by atoms with Gasteiger partial charge in [0.05, 0.1) is 6.10 Å². The molecule has 2 nitrogen and oxygen atoms in total. The summed E-state index contributed by atoms with van der Waals surface area (Å²) in [5.74, 6) is 0. The molecule has 2 heteroatoms. The molecular formula is C5H11NO. The van der Waals surface area contributed by atoms with Gasteiger partial charge >= 0.3 is 0 Å². The molecule has 7 heavy (non-hydrogen) atoms. The molecule has 0 fully saturated rings. The van der Waals surface area contributed by atoms with Gasteiger partial charge in [-0.3, -0.25) is 0 Å². The number of hydrogen-bond donors (Lipinski definition) is 1. The second-order valence-corrected chi connectivity index (χ2v) is 1.35. The molecule has 0 saturated carbocycles. The number of rotatable bonds is 3. The molecule has 0 heterocycles. The number of nitrogens with one attached hydrogen (secondary N) is 1. The van der Waals surface area contributed by atoms with Crippen molar-refractivity contribution in [3.63, 3.8) is 0 Å². The molecule has 0 aliphatic heterocycles. The van der Waals surface area contributed by atoms with Crippen molar-refractivity contribution in [3.8, 4) is 0 Å². The van der Waals surface area contributed by atoms with Crippen molar-refractivity contribution < 1.29 is 4.74 Å². The lowest BCUT2D eigenvalue weighted by atomic mass is 10.3. The summed E-state index contributed by atoms with van der Waals surface area (Å²) in [4.78, 5) is 0. The lowest BCUT2D eigenvalue weighted by Gasteiger charge is -2.02. The highest BCUT2D eigenvalue weighted by Gasteiger charge is 1.94. The zero-order chi connectivity index (χ0) is 5.70. The van der Waals surface area contributed by atoms with Gasteiger partial charge in [-0.05, 0) is 6.42 Å². The summed E-state index contributed by atoms with van der Waals surface area (Å²) < 4.78 is 4.81. The van der Waals surface area contributed by atoms with Gasteiger partial charge in [0.25, 0.3) is 0 Å². The molecule has 0 spiro atoms. The Balaban J connectivity index is 3.16. The Morgan fingerprint density at radius 2 is 2.43 bits per heavy atom. The fourth-order valence-corrected chi connectivity index (χ4v) is 0.353. The standard InChI is InChI=1S/C5H11NO/c1-3-5(4-6)7-2/h4-6H,3H2,1-2H3. The third-order valence-electron chi connectivity index (χ3n) is 0.891. The van der Waals surface area contributed by atoms with Crippen molar-refractivity contribution in [1.29, 1.82) is 5.41 Å². The van der Waals surface area contributed by atoms with Gasteiger partial charge in [-0.1, -0.05) is 6.92 Å². The molecule has 42 valence electrons. The summed E-state index contributed by atoms with van der Waals surface area (Å²) in [5.41, 5.74) is 0. The fraction of sp³-hybridized carbons (Fsp3) is 0.800. The van der Waals surface area contributed by atoms with E-state index in [9.17, 15) is 0 Å². The minimum atomic E-state index is 0.0278. The minimum Gasteiger partial charge on any atom is -0.376 e. The first-order chi connectivity index (χ1) is 3.35. The molecule has 0 aromatic carbocycles. The normalized spacial score (nSPS) is 13.4. The third-order valence-corrected chi connectivity index (χ3v) is 0.891. The number of ether oxygens (including phenoxy) is 1. The van der Waals surface area contributed by atoms with Crippen LogP contribution in [-0.4, -0.2) is 19.4 Å². The van der Waals surface area contributed by atoms with Crippen LogP contribution in [0.2, 0.25) is 0 Å². The highest BCUT2D eigenvalue weighted by atomic mass is 16.5. The van der Waals surface area contributed by atoms with Crippen molar-refractivity contribution in [2.75, 3.05) is 7.11 Å². The molecule has 0 aliphatic rings. The largest absolute Gasteiger partial charge is 0.376 e. The maximum absolute atomic E-state index is 6.71. The Morgan fingerprint density at radius 3 is 2.43 bits per heavy atom. The van der Waals surface area contributed by atoms with Crippen molar-refractivity contribution in [2.24, 2.45) is 0 Å². The van der Waals surface area contributed by atoms with Crippen LogP contribution in [0.25, 0.3) is 0 Å². The van der Waals surface area contributed by atoms with Gasteiger partial charge in [0, 0.05) is 13.3 Å². The van der Waals surface area contributed by atoms with Gasteiger partial charge in [-0.15, -0.1) is 0 Å². The molecule has 0 radical (unpaired) electrons. The van der Waals surface area contributed by atoms with Crippen LogP contribution in [0.1, 0.15) is 13.3 Å². The van der Waals surface area contributed by atoms with E-state index in [-0.39, 0.29) is 6.10 Å². The molecule has 0 amide bonds. The number of methoxy groups -OCH3 is 1. The van der Waals surface area contributed by atoms with Crippen LogP contribution in [0.3, 0.4) is 0 Å². The first kappa shape index (κ1) is 6.63. The van der Waals surface area contributed by atoms with Crippen LogP contribution in [0.5, 0.6) is 0 Å². The molecule has 0 aromatic heterocycles. The molecule has 0 rings (SSSR count). The molecule has 1 atom stereocenters. The maximum atomic E-state index is 6.71. The third kappa shape index (κ3) is 2.34. The smallest absolute Gasteiger partial charge is 0.0912 e. The quantitative estimate of drug-likeness (QED) is 0.530. The van der Waals surface area contributed by atoms with E-state index >= 15 is 0 Å². The Morgan fingerprint density at radius 1 is 1.86 bits per heavy atom. The van der Waals surface area contributed by atoms with E-state index in [2.05, 4.69) is 0 Å². The fourth-order valence-electron chi connectivity index (χ4n) is 0.353. The van der Waals surface area contributed by atoms with Crippen molar-refractivity contribution in [1.82, 2.24) is 0 Å². The van der Waals surface area contributed by atoms with Crippen molar-refractivity contribution >= 4 is 6.21 Å². The van der Waals surface area contributed by atoms with Crippen LogP contribution in [-0.2, 0) is 4.74 Å². The highest BCUT2D eigenvalue weighted by molar-refractivity contribution is 5.58. The highest BCUT2D eigenvalue weighted by Crippen LogP contribution is 1.88. The first-order valence-electron chi connectivity index (χ1n) is 2.38. The van der Waals surface area contributed by atoms with Crippen LogP contribution < -0.4 is 0 Å². The van der Waals surface area contributed by atoms with E-state index in [4.69, 9.17) is 10.1 Å².